The zero-order chi connectivity index (χ0) is 12.8. The van der Waals surface area contributed by atoms with E-state index < -0.39 is 0 Å². The van der Waals surface area contributed by atoms with E-state index in [9.17, 15) is 0 Å². The molecule has 1 aliphatic rings. The summed E-state index contributed by atoms with van der Waals surface area (Å²) in [5.41, 5.74) is 0. The Morgan fingerprint density at radius 2 is 2.06 bits per heavy atom. The average Bonchev–Trinajstić information content (AvgIpc) is 2.78. The van der Waals surface area contributed by atoms with E-state index in [-0.39, 0.29) is 0 Å². The molecule has 1 heterocycles. The molecule has 0 aliphatic heterocycles. The minimum absolute atomic E-state index is 0.696. The highest BCUT2D eigenvalue weighted by atomic mass is 16.5. The SMILES string of the molecule is CCCC1CCC(NCCc2nc(C)no2)CC1. The molecule has 1 fully saturated rings. The van der Waals surface area contributed by atoms with E-state index in [4.69, 9.17) is 4.52 Å². The van der Waals surface area contributed by atoms with Gasteiger partial charge in [-0.2, -0.15) is 4.98 Å². The van der Waals surface area contributed by atoms with E-state index in [1.54, 1.807) is 0 Å². The molecule has 0 bridgehead atoms. The largest absolute Gasteiger partial charge is 0.339 e. The van der Waals surface area contributed by atoms with E-state index in [1.807, 2.05) is 6.92 Å². The van der Waals surface area contributed by atoms with E-state index >= 15 is 0 Å². The van der Waals surface area contributed by atoms with Crippen molar-refractivity contribution in [2.45, 2.75) is 64.8 Å². The van der Waals surface area contributed by atoms with Crippen LogP contribution in [0.5, 0.6) is 0 Å². The van der Waals surface area contributed by atoms with Crippen molar-refractivity contribution in [3.05, 3.63) is 11.7 Å². The lowest BCUT2D eigenvalue weighted by Gasteiger charge is -2.28. The molecular weight excluding hydrogens is 226 g/mol. The second-order valence-corrected chi connectivity index (χ2v) is 5.45. The van der Waals surface area contributed by atoms with Crippen molar-refractivity contribution in [3.8, 4) is 0 Å². The maximum absolute atomic E-state index is 5.10. The summed E-state index contributed by atoms with van der Waals surface area (Å²) in [5.74, 6) is 2.45. The highest BCUT2D eigenvalue weighted by Crippen LogP contribution is 2.27. The second-order valence-electron chi connectivity index (χ2n) is 5.45. The Labute approximate surface area is 110 Å². The minimum Gasteiger partial charge on any atom is -0.339 e. The highest BCUT2D eigenvalue weighted by molar-refractivity contribution is 4.84. The van der Waals surface area contributed by atoms with Crippen molar-refractivity contribution in [2.24, 2.45) is 5.92 Å². The fourth-order valence-corrected chi connectivity index (χ4v) is 2.89. The summed E-state index contributed by atoms with van der Waals surface area (Å²) in [4.78, 5) is 4.21. The predicted molar refractivity (Wildman–Crippen MR) is 71.4 cm³/mol. The average molecular weight is 251 g/mol. The number of hydrogen-bond acceptors (Lipinski definition) is 4. The number of nitrogens with one attached hydrogen (secondary N) is 1. The van der Waals surface area contributed by atoms with Crippen LogP contribution in [0.1, 0.15) is 57.2 Å². The van der Waals surface area contributed by atoms with E-state index in [1.165, 1.54) is 38.5 Å². The van der Waals surface area contributed by atoms with Gasteiger partial charge in [0.05, 0.1) is 0 Å². The Bertz CT molecular complexity index is 343. The molecule has 2 rings (SSSR count). The van der Waals surface area contributed by atoms with Crippen LogP contribution in [0.2, 0.25) is 0 Å². The summed E-state index contributed by atoms with van der Waals surface area (Å²) in [7, 11) is 0. The van der Waals surface area contributed by atoms with Crippen LogP contribution in [0.15, 0.2) is 4.52 Å². The lowest BCUT2D eigenvalue weighted by Crippen LogP contribution is -2.34. The lowest BCUT2D eigenvalue weighted by molar-refractivity contribution is 0.276. The Balaban J connectivity index is 1.60. The van der Waals surface area contributed by atoms with Crippen molar-refractivity contribution in [1.82, 2.24) is 15.5 Å². The molecule has 1 aromatic rings. The molecule has 1 aliphatic carbocycles. The van der Waals surface area contributed by atoms with Gasteiger partial charge in [0.2, 0.25) is 5.89 Å². The van der Waals surface area contributed by atoms with Crippen molar-refractivity contribution in [3.63, 3.8) is 0 Å². The van der Waals surface area contributed by atoms with Crippen LogP contribution in [-0.2, 0) is 6.42 Å². The van der Waals surface area contributed by atoms with E-state index in [2.05, 4.69) is 22.4 Å². The van der Waals surface area contributed by atoms with Gasteiger partial charge in [-0.15, -0.1) is 0 Å². The number of aryl methyl sites for hydroxylation is 1. The number of aromatic nitrogens is 2. The first-order valence-electron chi connectivity index (χ1n) is 7.30. The van der Waals surface area contributed by atoms with Crippen LogP contribution in [0.3, 0.4) is 0 Å². The molecule has 1 aromatic heterocycles. The monoisotopic (exact) mass is 251 g/mol. The summed E-state index contributed by atoms with van der Waals surface area (Å²) < 4.78 is 5.10. The van der Waals surface area contributed by atoms with Gasteiger partial charge in [-0.1, -0.05) is 24.9 Å². The smallest absolute Gasteiger partial charge is 0.227 e. The third-order valence-electron chi connectivity index (χ3n) is 3.89. The molecule has 18 heavy (non-hydrogen) atoms. The topological polar surface area (TPSA) is 51.0 Å². The summed E-state index contributed by atoms with van der Waals surface area (Å²) in [6.07, 6.45) is 9.03. The Kier molecular flexibility index (Phi) is 5.17. The van der Waals surface area contributed by atoms with Crippen molar-refractivity contribution in [1.29, 1.82) is 0 Å². The molecule has 4 nitrogen and oxygen atoms in total. The molecule has 4 heteroatoms. The van der Waals surface area contributed by atoms with E-state index in [0.29, 0.717) is 6.04 Å². The lowest BCUT2D eigenvalue weighted by atomic mass is 9.83. The number of rotatable bonds is 6. The summed E-state index contributed by atoms with van der Waals surface area (Å²) in [6.45, 7) is 5.09. The molecule has 0 unspecified atom stereocenters. The zero-order valence-corrected chi connectivity index (χ0v) is 11.6. The summed E-state index contributed by atoms with van der Waals surface area (Å²) in [6, 6.07) is 0.696. The van der Waals surface area contributed by atoms with Crippen molar-refractivity contribution in [2.75, 3.05) is 6.54 Å². The summed E-state index contributed by atoms with van der Waals surface area (Å²) >= 11 is 0. The molecule has 0 radical (unpaired) electrons. The van der Waals surface area contributed by atoms with Gasteiger partial charge in [0.1, 0.15) is 0 Å². The van der Waals surface area contributed by atoms with Gasteiger partial charge in [-0.3, -0.25) is 0 Å². The molecule has 0 amide bonds. The van der Waals surface area contributed by atoms with Gasteiger partial charge in [0.15, 0.2) is 5.82 Å². The van der Waals surface area contributed by atoms with Gasteiger partial charge >= 0.3 is 0 Å². The normalized spacial score (nSPS) is 24.3. The van der Waals surface area contributed by atoms with Gasteiger partial charge < -0.3 is 9.84 Å². The molecule has 0 spiro atoms. The van der Waals surface area contributed by atoms with Crippen molar-refractivity contribution < 1.29 is 4.52 Å². The fourth-order valence-electron chi connectivity index (χ4n) is 2.89. The quantitative estimate of drug-likeness (QED) is 0.844. The minimum atomic E-state index is 0.696. The first kappa shape index (κ1) is 13.5. The predicted octanol–water partition coefficient (Wildman–Crippen LogP) is 2.87. The Morgan fingerprint density at radius 1 is 1.28 bits per heavy atom. The van der Waals surface area contributed by atoms with Gasteiger partial charge in [0, 0.05) is 19.0 Å². The van der Waals surface area contributed by atoms with Gasteiger partial charge in [0.25, 0.3) is 0 Å². The van der Waals surface area contributed by atoms with Crippen LogP contribution in [0.25, 0.3) is 0 Å². The molecule has 1 saturated carbocycles. The third kappa shape index (κ3) is 4.09. The molecule has 0 aromatic carbocycles. The molecular formula is C14H25N3O. The zero-order valence-electron chi connectivity index (χ0n) is 11.6. The highest BCUT2D eigenvalue weighted by Gasteiger charge is 2.19. The Hall–Kier alpha value is -0.900. The van der Waals surface area contributed by atoms with Crippen LogP contribution in [0, 0.1) is 12.8 Å². The number of hydrogen-bond donors (Lipinski definition) is 1. The fraction of sp³-hybridized carbons (Fsp3) is 0.857. The summed E-state index contributed by atoms with van der Waals surface area (Å²) in [5, 5.41) is 7.41. The first-order chi connectivity index (χ1) is 8.78. The van der Waals surface area contributed by atoms with E-state index in [0.717, 1.165) is 30.6 Å². The maximum atomic E-state index is 5.10. The molecule has 1 N–H and O–H groups in total. The third-order valence-corrected chi connectivity index (χ3v) is 3.89. The standard InChI is InChI=1S/C14H25N3O/c1-3-4-12-5-7-13(8-6-12)15-10-9-14-16-11(2)17-18-14/h12-13,15H,3-10H2,1-2H3. The van der Waals surface area contributed by atoms with Crippen LogP contribution in [-0.4, -0.2) is 22.7 Å². The van der Waals surface area contributed by atoms with Crippen LogP contribution < -0.4 is 5.32 Å². The van der Waals surface area contributed by atoms with Gasteiger partial charge in [-0.25, -0.2) is 0 Å². The Morgan fingerprint density at radius 3 is 2.67 bits per heavy atom. The van der Waals surface area contributed by atoms with Gasteiger partial charge in [-0.05, 0) is 38.5 Å². The maximum Gasteiger partial charge on any atom is 0.227 e. The van der Waals surface area contributed by atoms with Crippen LogP contribution in [0.4, 0.5) is 0 Å². The van der Waals surface area contributed by atoms with Crippen molar-refractivity contribution >= 4 is 0 Å². The van der Waals surface area contributed by atoms with Crippen LogP contribution >= 0.6 is 0 Å². The molecule has 102 valence electrons. The second kappa shape index (κ2) is 6.88. The molecule has 0 atom stereocenters. The first-order valence-corrected chi connectivity index (χ1v) is 7.30. The number of nitrogens with zero attached hydrogens (tertiary/aromatic N) is 2. The molecule has 0 saturated heterocycles.